The summed E-state index contributed by atoms with van der Waals surface area (Å²) in [5.41, 5.74) is 2.70. The molecule has 1 heterocycles. The predicted molar refractivity (Wildman–Crippen MR) is 132 cm³/mol. The summed E-state index contributed by atoms with van der Waals surface area (Å²) in [5, 5.41) is 6.50. The summed E-state index contributed by atoms with van der Waals surface area (Å²) in [5.74, 6) is -0.0683. The summed E-state index contributed by atoms with van der Waals surface area (Å²) in [4.78, 5) is 31.2. The second kappa shape index (κ2) is 11.9. The van der Waals surface area contributed by atoms with E-state index in [2.05, 4.69) is 39.2 Å². The topological polar surface area (TPSA) is 67.9 Å². The molecule has 0 aromatic heterocycles. The Kier molecular flexibility index (Phi) is 8.90. The third-order valence-corrected chi connectivity index (χ3v) is 5.86. The molecular formula is C24H32ClN5O2. The Bertz CT molecular complexity index is 876. The van der Waals surface area contributed by atoms with E-state index in [0.717, 1.165) is 56.3 Å². The molecule has 0 aliphatic carbocycles. The van der Waals surface area contributed by atoms with Crippen LogP contribution in [0.2, 0.25) is 5.02 Å². The Balaban J connectivity index is 1.38. The highest BCUT2D eigenvalue weighted by Gasteiger charge is 2.20. The fraction of sp³-hybridized carbons (Fsp3) is 0.417. The SMILES string of the molecule is CCN(CC)c1ccc(NC(=O)CN2CCN(CC(=O)Nc3ccc(Cl)cc3)CC2)cc1. The first-order chi connectivity index (χ1) is 15.5. The Morgan fingerprint density at radius 2 is 1.19 bits per heavy atom. The first-order valence-electron chi connectivity index (χ1n) is 11.1. The third-order valence-electron chi connectivity index (χ3n) is 5.61. The molecule has 3 rings (SSSR count). The van der Waals surface area contributed by atoms with Crippen molar-refractivity contribution >= 4 is 40.5 Å². The fourth-order valence-electron chi connectivity index (χ4n) is 3.79. The van der Waals surface area contributed by atoms with Crippen molar-refractivity contribution in [2.24, 2.45) is 0 Å². The number of nitrogens with zero attached hydrogens (tertiary/aromatic N) is 3. The Hall–Kier alpha value is -2.61. The van der Waals surface area contributed by atoms with Gasteiger partial charge in [-0.05, 0) is 62.4 Å². The third kappa shape index (κ3) is 7.22. The number of halogens is 1. The van der Waals surface area contributed by atoms with E-state index < -0.39 is 0 Å². The van der Waals surface area contributed by atoms with Gasteiger partial charge in [0.15, 0.2) is 0 Å². The maximum Gasteiger partial charge on any atom is 0.238 e. The molecule has 1 aliphatic rings. The average molecular weight is 458 g/mol. The van der Waals surface area contributed by atoms with Gasteiger partial charge in [0.2, 0.25) is 11.8 Å². The van der Waals surface area contributed by atoms with Gasteiger partial charge in [-0.2, -0.15) is 0 Å². The van der Waals surface area contributed by atoms with Crippen LogP contribution in [0.25, 0.3) is 0 Å². The summed E-state index contributed by atoms with van der Waals surface area (Å²) in [6, 6.07) is 15.0. The van der Waals surface area contributed by atoms with Gasteiger partial charge in [-0.15, -0.1) is 0 Å². The monoisotopic (exact) mass is 457 g/mol. The van der Waals surface area contributed by atoms with E-state index in [4.69, 9.17) is 11.6 Å². The molecule has 32 heavy (non-hydrogen) atoms. The van der Waals surface area contributed by atoms with Crippen LogP contribution in [0, 0.1) is 0 Å². The van der Waals surface area contributed by atoms with Crippen LogP contribution in [0.3, 0.4) is 0 Å². The molecule has 172 valence electrons. The zero-order valence-corrected chi connectivity index (χ0v) is 19.6. The van der Waals surface area contributed by atoms with Crippen molar-refractivity contribution in [2.45, 2.75) is 13.8 Å². The summed E-state index contributed by atoms with van der Waals surface area (Å²) >= 11 is 5.87. The number of piperazine rings is 1. The van der Waals surface area contributed by atoms with Crippen molar-refractivity contribution in [1.82, 2.24) is 9.80 Å². The second-order valence-corrected chi connectivity index (χ2v) is 8.31. The van der Waals surface area contributed by atoms with Crippen LogP contribution in [-0.2, 0) is 9.59 Å². The number of amides is 2. The molecule has 1 fully saturated rings. The summed E-state index contributed by atoms with van der Waals surface area (Å²) in [7, 11) is 0. The summed E-state index contributed by atoms with van der Waals surface area (Å²) in [6.45, 7) is 9.86. The number of carbonyl (C=O) groups is 2. The molecule has 2 aromatic carbocycles. The molecule has 7 nitrogen and oxygen atoms in total. The van der Waals surface area contributed by atoms with Gasteiger partial charge in [0.05, 0.1) is 13.1 Å². The molecule has 0 spiro atoms. The summed E-state index contributed by atoms with van der Waals surface area (Å²) in [6.07, 6.45) is 0. The largest absolute Gasteiger partial charge is 0.372 e. The van der Waals surface area contributed by atoms with Crippen molar-refractivity contribution in [1.29, 1.82) is 0 Å². The van der Waals surface area contributed by atoms with Crippen LogP contribution in [0.5, 0.6) is 0 Å². The minimum absolute atomic E-state index is 0.0190. The lowest BCUT2D eigenvalue weighted by atomic mass is 10.2. The lowest BCUT2D eigenvalue weighted by Gasteiger charge is -2.33. The van der Waals surface area contributed by atoms with E-state index in [1.165, 1.54) is 0 Å². The van der Waals surface area contributed by atoms with Crippen LogP contribution in [0.4, 0.5) is 17.1 Å². The van der Waals surface area contributed by atoms with Crippen LogP contribution in [-0.4, -0.2) is 74.0 Å². The van der Waals surface area contributed by atoms with E-state index in [-0.39, 0.29) is 11.8 Å². The van der Waals surface area contributed by atoms with Gasteiger partial charge < -0.3 is 15.5 Å². The van der Waals surface area contributed by atoms with Crippen molar-refractivity contribution in [3.63, 3.8) is 0 Å². The number of hydrogen-bond acceptors (Lipinski definition) is 5. The van der Waals surface area contributed by atoms with Crippen LogP contribution < -0.4 is 15.5 Å². The molecule has 0 unspecified atom stereocenters. The maximum atomic E-state index is 12.4. The fourth-order valence-corrected chi connectivity index (χ4v) is 3.92. The van der Waals surface area contributed by atoms with Gasteiger partial charge in [0.1, 0.15) is 0 Å². The predicted octanol–water partition coefficient (Wildman–Crippen LogP) is 3.38. The van der Waals surface area contributed by atoms with Gasteiger partial charge >= 0.3 is 0 Å². The highest BCUT2D eigenvalue weighted by molar-refractivity contribution is 6.30. The molecule has 0 radical (unpaired) electrons. The normalized spacial score (nSPS) is 14.7. The molecule has 2 N–H and O–H groups in total. The van der Waals surface area contributed by atoms with E-state index in [0.29, 0.717) is 18.1 Å². The number of nitrogens with one attached hydrogen (secondary N) is 2. The molecule has 1 saturated heterocycles. The smallest absolute Gasteiger partial charge is 0.238 e. The first-order valence-corrected chi connectivity index (χ1v) is 11.5. The zero-order valence-electron chi connectivity index (χ0n) is 18.8. The van der Waals surface area contributed by atoms with Gasteiger partial charge in [-0.25, -0.2) is 0 Å². The number of hydrogen-bond donors (Lipinski definition) is 2. The Morgan fingerprint density at radius 3 is 1.59 bits per heavy atom. The van der Waals surface area contributed by atoms with Crippen molar-refractivity contribution < 1.29 is 9.59 Å². The highest BCUT2D eigenvalue weighted by Crippen LogP contribution is 2.18. The molecule has 0 atom stereocenters. The lowest BCUT2D eigenvalue weighted by molar-refractivity contribution is -0.120. The quantitative estimate of drug-likeness (QED) is 0.604. The van der Waals surface area contributed by atoms with Crippen molar-refractivity contribution in [2.75, 3.05) is 67.9 Å². The highest BCUT2D eigenvalue weighted by atomic mass is 35.5. The van der Waals surface area contributed by atoms with Crippen LogP contribution in [0.15, 0.2) is 48.5 Å². The number of anilines is 3. The van der Waals surface area contributed by atoms with E-state index in [9.17, 15) is 9.59 Å². The Labute approximate surface area is 195 Å². The molecule has 1 aliphatic heterocycles. The maximum absolute atomic E-state index is 12.4. The second-order valence-electron chi connectivity index (χ2n) is 7.87. The minimum Gasteiger partial charge on any atom is -0.372 e. The summed E-state index contributed by atoms with van der Waals surface area (Å²) < 4.78 is 0. The van der Waals surface area contributed by atoms with Crippen LogP contribution >= 0.6 is 11.6 Å². The standard InChI is InChI=1S/C24H32ClN5O2/c1-3-30(4-2)22-11-9-21(10-12-22)27-24(32)18-29-15-13-28(14-16-29)17-23(31)26-20-7-5-19(25)6-8-20/h5-12H,3-4,13-18H2,1-2H3,(H,26,31)(H,27,32). The van der Waals surface area contributed by atoms with Crippen molar-refractivity contribution in [3.05, 3.63) is 53.6 Å². The van der Waals surface area contributed by atoms with E-state index in [1.54, 1.807) is 24.3 Å². The molecule has 2 amide bonds. The molecule has 8 heteroatoms. The van der Waals surface area contributed by atoms with Gasteiger partial charge in [0.25, 0.3) is 0 Å². The Morgan fingerprint density at radius 1 is 0.781 bits per heavy atom. The molecule has 2 aromatic rings. The number of rotatable bonds is 9. The average Bonchev–Trinajstić information content (AvgIpc) is 2.78. The lowest BCUT2D eigenvalue weighted by Crippen LogP contribution is -2.50. The first kappa shape index (κ1) is 24.0. The number of benzene rings is 2. The van der Waals surface area contributed by atoms with Crippen molar-refractivity contribution in [3.8, 4) is 0 Å². The van der Waals surface area contributed by atoms with Gasteiger partial charge in [-0.1, -0.05) is 11.6 Å². The number of carbonyl (C=O) groups excluding carboxylic acids is 2. The minimum atomic E-state index is -0.0494. The van der Waals surface area contributed by atoms with Gasteiger partial charge in [-0.3, -0.25) is 19.4 Å². The van der Waals surface area contributed by atoms with Gasteiger partial charge in [0, 0.05) is 61.4 Å². The molecule has 0 bridgehead atoms. The zero-order chi connectivity index (χ0) is 22.9. The van der Waals surface area contributed by atoms with E-state index in [1.807, 2.05) is 24.3 Å². The van der Waals surface area contributed by atoms with Crippen LogP contribution in [0.1, 0.15) is 13.8 Å². The molecular weight excluding hydrogens is 426 g/mol. The molecule has 0 saturated carbocycles. The van der Waals surface area contributed by atoms with E-state index >= 15 is 0 Å².